The van der Waals surface area contributed by atoms with Crippen molar-refractivity contribution in [3.63, 3.8) is 0 Å². The molecule has 0 fully saturated rings. The summed E-state index contributed by atoms with van der Waals surface area (Å²) in [5.74, 6) is -0.366. The first-order valence-corrected chi connectivity index (χ1v) is 3.70. The van der Waals surface area contributed by atoms with E-state index >= 15 is 0 Å². The molecule has 0 bridgehead atoms. The second-order valence-corrected chi connectivity index (χ2v) is 2.49. The standard InChI is InChI=1S/C8H15NO2/c1-4-6-7(5-2)8(10)9(3)11/h4,7,11H,1,5-6H2,2-3H3. The largest absolute Gasteiger partial charge is 0.286 e. The summed E-state index contributed by atoms with van der Waals surface area (Å²) in [6.07, 6.45) is 3.05. The third kappa shape index (κ3) is 3.18. The zero-order chi connectivity index (χ0) is 8.85. The number of carbonyl (C=O) groups is 1. The van der Waals surface area contributed by atoms with Crippen LogP contribution in [0.25, 0.3) is 0 Å². The Kier molecular flexibility index (Phi) is 4.54. The molecule has 0 aromatic carbocycles. The fourth-order valence-electron chi connectivity index (χ4n) is 0.908. The minimum absolute atomic E-state index is 0.123. The topological polar surface area (TPSA) is 40.5 Å². The number of hydrogen-bond donors (Lipinski definition) is 1. The van der Waals surface area contributed by atoms with Crippen molar-refractivity contribution in [3.05, 3.63) is 12.7 Å². The van der Waals surface area contributed by atoms with Crippen molar-refractivity contribution in [2.24, 2.45) is 5.92 Å². The van der Waals surface area contributed by atoms with E-state index in [0.29, 0.717) is 11.5 Å². The molecule has 64 valence electrons. The molecule has 1 atom stereocenters. The molecule has 0 radical (unpaired) electrons. The Balaban J connectivity index is 4.02. The van der Waals surface area contributed by atoms with Gasteiger partial charge in [-0.25, -0.2) is 5.06 Å². The van der Waals surface area contributed by atoms with Gasteiger partial charge in [-0.2, -0.15) is 0 Å². The van der Waals surface area contributed by atoms with Crippen molar-refractivity contribution in [2.75, 3.05) is 7.05 Å². The molecule has 0 saturated carbocycles. The van der Waals surface area contributed by atoms with Gasteiger partial charge in [0.2, 0.25) is 5.91 Å². The molecule has 1 unspecified atom stereocenters. The van der Waals surface area contributed by atoms with E-state index in [1.807, 2.05) is 6.92 Å². The third-order valence-electron chi connectivity index (χ3n) is 1.61. The number of allylic oxidation sites excluding steroid dienone is 1. The van der Waals surface area contributed by atoms with Gasteiger partial charge in [-0.1, -0.05) is 13.0 Å². The maximum atomic E-state index is 11.1. The lowest BCUT2D eigenvalue weighted by atomic mass is 10.0. The van der Waals surface area contributed by atoms with Crippen molar-refractivity contribution in [2.45, 2.75) is 19.8 Å². The van der Waals surface area contributed by atoms with Crippen LogP contribution in [0.2, 0.25) is 0 Å². The molecule has 0 heterocycles. The van der Waals surface area contributed by atoms with E-state index in [4.69, 9.17) is 5.21 Å². The second kappa shape index (κ2) is 4.91. The molecule has 11 heavy (non-hydrogen) atoms. The van der Waals surface area contributed by atoms with E-state index in [0.717, 1.165) is 6.42 Å². The fourth-order valence-corrected chi connectivity index (χ4v) is 0.908. The number of amides is 1. The van der Waals surface area contributed by atoms with E-state index in [1.54, 1.807) is 6.08 Å². The summed E-state index contributed by atoms with van der Waals surface area (Å²) in [5, 5.41) is 9.44. The summed E-state index contributed by atoms with van der Waals surface area (Å²) in [4.78, 5) is 11.1. The van der Waals surface area contributed by atoms with Crippen LogP contribution in [0.3, 0.4) is 0 Å². The monoisotopic (exact) mass is 157 g/mol. The summed E-state index contributed by atoms with van der Waals surface area (Å²) in [6.45, 7) is 5.45. The van der Waals surface area contributed by atoms with Gasteiger partial charge in [-0.05, 0) is 12.8 Å². The van der Waals surface area contributed by atoms with Gasteiger partial charge in [-0.3, -0.25) is 10.0 Å². The maximum absolute atomic E-state index is 11.1. The van der Waals surface area contributed by atoms with Crippen LogP contribution in [-0.2, 0) is 4.79 Å². The van der Waals surface area contributed by atoms with Gasteiger partial charge in [0.05, 0.1) is 0 Å². The second-order valence-electron chi connectivity index (χ2n) is 2.49. The Bertz CT molecular complexity index is 143. The van der Waals surface area contributed by atoms with E-state index in [2.05, 4.69) is 6.58 Å². The number of hydrogen-bond acceptors (Lipinski definition) is 2. The van der Waals surface area contributed by atoms with Gasteiger partial charge in [0, 0.05) is 13.0 Å². The highest BCUT2D eigenvalue weighted by Crippen LogP contribution is 2.10. The summed E-state index contributed by atoms with van der Waals surface area (Å²) < 4.78 is 0. The van der Waals surface area contributed by atoms with Crippen LogP contribution >= 0.6 is 0 Å². The minimum atomic E-state index is -0.243. The van der Waals surface area contributed by atoms with Crippen LogP contribution in [0, 0.1) is 5.92 Å². The zero-order valence-electron chi connectivity index (χ0n) is 7.08. The Labute approximate surface area is 67.3 Å². The van der Waals surface area contributed by atoms with Gasteiger partial charge in [-0.15, -0.1) is 6.58 Å². The first-order chi connectivity index (χ1) is 5.13. The molecule has 0 aliphatic carbocycles. The van der Waals surface area contributed by atoms with Crippen LogP contribution < -0.4 is 0 Å². The quantitative estimate of drug-likeness (QED) is 0.381. The molecule has 0 saturated heterocycles. The third-order valence-corrected chi connectivity index (χ3v) is 1.61. The number of hydroxylamine groups is 2. The summed E-state index contributed by atoms with van der Waals surface area (Å²) in [5.41, 5.74) is 0. The van der Waals surface area contributed by atoms with Crippen molar-refractivity contribution in [1.29, 1.82) is 0 Å². The van der Waals surface area contributed by atoms with Crippen molar-refractivity contribution in [3.8, 4) is 0 Å². The van der Waals surface area contributed by atoms with E-state index in [9.17, 15) is 4.79 Å². The predicted molar refractivity (Wildman–Crippen MR) is 43.2 cm³/mol. The summed E-state index contributed by atoms with van der Waals surface area (Å²) in [7, 11) is 1.34. The normalized spacial score (nSPS) is 12.3. The molecule has 0 aliphatic heterocycles. The molecule has 3 heteroatoms. The average Bonchev–Trinajstić information content (AvgIpc) is 1.98. The van der Waals surface area contributed by atoms with E-state index in [1.165, 1.54) is 7.05 Å². The smallest absolute Gasteiger partial charge is 0.249 e. The molecule has 0 aromatic rings. The Morgan fingerprint density at radius 3 is 2.64 bits per heavy atom. The van der Waals surface area contributed by atoms with Crippen molar-refractivity contribution >= 4 is 5.91 Å². The Morgan fingerprint density at radius 2 is 2.36 bits per heavy atom. The fraction of sp³-hybridized carbons (Fsp3) is 0.625. The molecule has 3 nitrogen and oxygen atoms in total. The van der Waals surface area contributed by atoms with Gasteiger partial charge in [0.15, 0.2) is 0 Å². The van der Waals surface area contributed by atoms with E-state index < -0.39 is 0 Å². The lowest BCUT2D eigenvalue weighted by molar-refractivity contribution is -0.164. The maximum Gasteiger partial charge on any atom is 0.249 e. The van der Waals surface area contributed by atoms with Crippen molar-refractivity contribution < 1.29 is 10.0 Å². The number of rotatable bonds is 4. The number of nitrogens with zero attached hydrogens (tertiary/aromatic N) is 1. The number of carbonyl (C=O) groups excluding carboxylic acids is 1. The molecular weight excluding hydrogens is 142 g/mol. The van der Waals surface area contributed by atoms with Crippen LogP contribution in [-0.4, -0.2) is 23.2 Å². The zero-order valence-corrected chi connectivity index (χ0v) is 7.08. The van der Waals surface area contributed by atoms with Gasteiger partial charge in [0.25, 0.3) is 0 Å². The summed E-state index contributed by atoms with van der Waals surface area (Å²) in [6, 6.07) is 0. The predicted octanol–water partition coefficient (Wildman–Crippen LogP) is 1.44. The van der Waals surface area contributed by atoms with Gasteiger partial charge < -0.3 is 0 Å². The van der Waals surface area contributed by atoms with Gasteiger partial charge >= 0.3 is 0 Å². The highest BCUT2D eigenvalue weighted by Gasteiger charge is 2.17. The Morgan fingerprint density at radius 1 is 1.82 bits per heavy atom. The van der Waals surface area contributed by atoms with E-state index in [-0.39, 0.29) is 11.8 Å². The van der Waals surface area contributed by atoms with Crippen LogP contribution in [0.4, 0.5) is 0 Å². The molecular formula is C8H15NO2. The summed E-state index contributed by atoms with van der Waals surface area (Å²) >= 11 is 0. The molecule has 0 aromatic heterocycles. The highest BCUT2D eigenvalue weighted by molar-refractivity contribution is 5.77. The molecule has 0 spiro atoms. The molecule has 1 amide bonds. The lowest BCUT2D eigenvalue weighted by Crippen LogP contribution is -2.29. The molecule has 1 N–H and O–H groups in total. The first kappa shape index (κ1) is 10.2. The lowest BCUT2D eigenvalue weighted by Gasteiger charge is -2.15. The molecule has 0 rings (SSSR count). The van der Waals surface area contributed by atoms with Gasteiger partial charge in [0.1, 0.15) is 0 Å². The SMILES string of the molecule is C=CCC(CC)C(=O)N(C)O. The highest BCUT2D eigenvalue weighted by atomic mass is 16.5. The van der Waals surface area contributed by atoms with Crippen LogP contribution in [0.1, 0.15) is 19.8 Å². The van der Waals surface area contributed by atoms with Crippen molar-refractivity contribution in [1.82, 2.24) is 5.06 Å². The van der Waals surface area contributed by atoms with Crippen LogP contribution in [0.5, 0.6) is 0 Å². The minimum Gasteiger partial charge on any atom is -0.286 e. The van der Waals surface area contributed by atoms with Crippen LogP contribution in [0.15, 0.2) is 12.7 Å². The average molecular weight is 157 g/mol. The first-order valence-electron chi connectivity index (χ1n) is 3.70. The Hall–Kier alpha value is -0.830. The molecule has 0 aliphatic rings.